The molecule has 0 saturated heterocycles. The van der Waals surface area contributed by atoms with Gasteiger partial charge in [0.2, 0.25) is 0 Å². The molecule has 0 radical (unpaired) electrons. The van der Waals surface area contributed by atoms with E-state index in [1.165, 1.54) is 263 Å². The van der Waals surface area contributed by atoms with E-state index in [0.29, 0.717) is 19.3 Å². The molecule has 0 aromatic heterocycles. The molecule has 0 heterocycles. The number of rotatable bonds is 61. The Morgan fingerprint density at radius 2 is 0.452 bits per heavy atom. The summed E-state index contributed by atoms with van der Waals surface area (Å²) < 4.78 is 17.0. The van der Waals surface area contributed by atoms with Crippen molar-refractivity contribution in [3.8, 4) is 0 Å². The molecule has 0 aliphatic heterocycles. The number of allylic oxidation sites excluding steroid dienone is 4. The van der Waals surface area contributed by atoms with Crippen LogP contribution >= 0.6 is 0 Å². The van der Waals surface area contributed by atoms with Crippen LogP contribution in [-0.4, -0.2) is 37.2 Å². The van der Waals surface area contributed by atoms with Gasteiger partial charge < -0.3 is 14.2 Å². The number of carbonyl (C=O) groups is 3. The smallest absolute Gasteiger partial charge is 0.306 e. The molecule has 0 aliphatic carbocycles. The molecule has 0 amide bonds. The van der Waals surface area contributed by atoms with Gasteiger partial charge in [0.25, 0.3) is 0 Å². The highest BCUT2D eigenvalue weighted by atomic mass is 16.6. The maximum atomic E-state index is 12.9. The molecule has 0 saturated carbocycles. The van der Waals surface area contributed by atoms with Crippen LogP contribution < -0.4 is 0 Å². The van der Waals surface area contributed by atoms with Gasteiger partial charge >= 0.3 is 17.9 Å². The van der Waals surface area contributed by atoms with Gasteiger partial charge in [-0.25, -0.2) is 0 Å². The lowest BCUT2D eigenvalue weighted by Gasteiger charge is -2.18. The van der Waals surface area contributed by atoms with Gasteiger partial charge in [0.15, 0.2) is 6.10 Å². The van der Waals surface area contributed by atoms with Crippen LogP contribution in [0.2, 0.25) is 0 Å². The van der Waals surface area contributed by atoms with E-state index < -0.39 is 6.10 Å². The molecule has 6 nitrogen and oxygen atoms in total. The zero-order valence-electron chi connectivity index (χ0n) is 49.4. The van der Waals surface area contributed by atoms with Crippen molar-refractivity contribution >= 4 is 17.9 Å². The lowest BCUT2D eigenvalue weighted by Crippen LogP contribution is -2.30. The average Bonchev–Trinajstić information content (AvgIpc) is 3.39. The van der Waals surface area contributed by atoms with Crippen molar-refractivity contribution in [3.05, 3.63) is 24.3 Å². The Labute approximate surface area is 455 Å². The van der Waals surface area contributed by atoms with Crippen molar-refractivity contribution < 1.29 is 28.6 Å². The van der Waals surface area contributed by atoms with Crippen LogP contribution in [0, 0.1) is 0 Å². The second-order valence-electron chi connectivity index (χ2n) is 22.4. The van der Waals surface area contributed by atoms with E-state index in [1.54, 1.807) is 0 Å². The lowest BCUT2D eigenvalue weighted by molar-refractivity contribution is -0.167. The number of hydrogen-bond acceptors (Lipinski definition) is 6. The van der Waals surface area contributed by atoms with Crippen molar-refractivity contribution in [2.24, 2.45) is 0 Å². The van der Waals surface area contributed by atoms with E-state index in [1.807, 2.05) is 0 Å². The van der Waals surface area contributed by atoms with E-state index >= 15 is 0 Å². The topological polar surface area (TPSA) is 78.9 Å². The lowest BCUT2D eigenvalue weighted by atomic mass is 10.0. The molecule has 0 rings (SSSR count). The van der Waals surface area contributed by atoms with E-state index in [9.17, 15) is 14.4 Å². The average molecular weight is 1030 g/mol. The summed E-state index contributed by atoms with van der Waals surface area (Å²) in [4.78, 5) is 38.3. The molecular weight excluding hydrogens is 901 g/mol. The van der Waals surface area contributed by atoms with Gasteiger partial charge in [0, 0.05) is 19.3 Å². The summed E-state index contributed by atoms with van der Waals surface area (Å²) >= 11 is 0. The molecule has 6 heteroatoms. The highest BCUT2D eigenvalue weighted by Gasteiger charge is 2.19. The summed E-state index contributed by atoms with van der Waals surface area (Å²) in [5.41, 5.74) is 0. The van der Waals surface area contributed by atoms with Crippen molar-refractivity contribution in [2.45, 2.75) is 374 Å². The molecule has 430 valence electrons. The maximum absolute atomic E-state index is 12.9. The third-order valence-corrected chi connectivity index (χ3v) is 14.9. The predicted octanol–water partition coefficient (Wildman–Crippen LogP) is 22.2. The largest absolute Gasteiger partial charge is 0.462 e. The summed E-state index contributed by atoms with van der Waals surface area (Å²) in [5, 5.41) is 0. The maximum Gasteiger partial charge on any atom is 0.306 e. The Morgan fingerprint density at radius 3 is 0.685 bits per heavy atom. The minimum Gasteiger partial charge on any atom is -0.462 e. The number of esters is 3. The molecule has 0 N–H and O–H groups in total. The zero-order valence-corrected chi connectivity index (χ0v) is 49.4. The monoisotopic (exact) mass is 1030 g/mol. The second kappa shape index (κ2) is 62.4. The first kappa shape index (κ1) is 70.9. The van der Waals surface area contributed by atoms with E-state index in [4.69, 9.17) is 14.2 Å². The first-order valence-corrected chi connectivity index (χ1v) is 32.8. The van der Waals surface area contributed by atoms with Crippen LogP contribution in [0.15, 0.2) is 24.3 Å². The molecule has 73 heavy (non-hydrogen) atoms. The Balaban J connectivity index is 4.29. The number of carbonyl (C=O) groups excluding carboxylic acids is 3. The molecular formula is C67H126O6. The molecule has 0 aromatic carbocycles. The summed E-state index contributed by atoms with van der Waals surface area (Å²) in [5.74, 6) is -0.853. The van der Waals surface area contributed by atoms with Gasteiger partial charge in [-0.2, -0.15) is 0 Å². The van der Waals surface area contributed by atoms with Gasteiger partial charge in [-0.1, -0.05) is 302 Å². The Morgan fingerprint density at radius 1 is 0.260 bits per heavy atom. The Bertz CT molecular complexity index is 1180. The van der Waals surface area contributed by atoms with Crippen LogP contribution in [0.25, 0.3) is 0 Å². The SMILES string of the molecule is CCCCCCCC/C=C\CCCCCCCCCCCC(=O)OC[C@H](COC(=O)CCCCCCCCCCCCCCCCCCCCCCC)OC(=O)CCCCCCC/C=C\CCCCCCCC. The zero-order chi connectivity index (χ0) is 52.9. The van der Waals surface area contributed by atoms with Crippen molar-refractivity contribution in [2.75, 3.05) is 13.2 Å². The van der Waals surface area contributed by atoms with Gasteiger partial charge in [0.1, 0.15) is 13.2 Å². The molecule has 0 aromatic rings. The van der Waals surface area contributed by atoms with E-state index in [0.717, 1.165) is 64.2 Å². The first-order chi connectivity index (χ1) is 36.0. The fourth-order valence-electron chi connectivity index (χ4n) is 9.97. The quantitative estimate of drug-likeness (QED) is 0.0261. The fraction of sp³-hybridized carbons (Fsp3) is 0.896. The number of ether oxygens (including phenoxy) is 3. The standard InChI is InChI=1S/C67H126O6/c1-4-7-10-13-16-19-22-25-28-30-32-33-35-37-40-42-45-48-51-54-57-60-66(69)72-63-64(73-67(70)61-58-55-52-49-46-43-38-27-24-21-18-15-12-9-6-3)62-71-65(68)59-56-53-50-47-44-41-39-36-34-31-29-26-23-20-17-14-11-8-5-2/h26-27,29,38,64H,4-25,28,30-37,39-63H2,1-3H3/b29-26-,38-27-/t64-/m1/s1. The minimum atomic E-state index is -0.774. The van der Waals surface area contributed by atoms with Crippen molar-refractivity contribution in [1.82, 2.24) is 0 Å². The molecule has 0 fully saturated rings. The predicted molar refractivity (Wildman–Crippen MR) is 316 cm³/mol. The number of unbranched alkanes of at least 4 members (excludes halogenated alkanes) is 46. The summed E-state index contributed by atoms with van der Waals surface area (Å²) in [6.07, 6.45) is 74.7. The number of hydrogen-bond donors (Lipinski definition) is 0. The molecule has 1 atom stereocenters. The summed E-state index contributed by atoms with van der Waals surface area (Å²) in [6, 6.07) is 0. The highest BCUT2D eigenvalue weighted by molar-refractivity contribution is 5.71. The normalized spacial score (nSPS) is 12.1. The van der Waals surface area contributed by atoms with Gasteiger partial charge in [-0.15, -0.1) is 0 Å². The van der Waals surface area contributed by atoms with Crippen LogP contribution in [-0.2, 0) is 28.6 Å². The van der Waals surface area contributed by atoms with E-state index in [2.05, 4.69) is 45.1 Å². The summed E-state index contributed by atoms with van der Waals surface area (Å²) in [7, 11) is 0. The van der Waals surface area contributed by atoms with Crippen LogP contribution in [0.1, 0.15) is 367 Å². The minimum absolute atomic E-state index is 0.0700. The Hall–Kier alpha value is -2.11. The Kier molecular flexibility index (Phi) is 60.6. The third kappa shape index (κ3) is 60.6. The second-order valence-corrected chi connectivity index (χ2v) is 22.4. The molecule has 0 unspecified atom stereocenters. The summed E-state index contributed by atoms with van der Waals surface area (Å²) in [6.45, 7) is 6.69. The third-order valence-electron chi connectivity index (χ3n) is 14.9. The molecule has 0 spiro atoms. The highest BCUT2D eigenvalue weighted by Crippen LogP contribution is 2.18. The van der Waals surface area contributed by atoms with Crippen molar-refractivity contribution in [1.29, 1.82) is 0 Å². The van der Waals surface area contributed by atoms with Crippen LogP contribution in [0.5, 0.6) is 0 Å². The molecule has 0 bridgehead atoms. The van der Waals surface area contributed by atoms with E-state index in [-0.39, 0.29) is 31.1 Å². The van der Waals surface area contributed by atoms with Crippen LogP contribution in [0.4, 0.5) is 0 Å². The van der Waals surface area contributed by atoms with Gasteiger partial charge in [-0.3, -0.25) is 14.4 Å². The first-order valence-electron chi connectivity index (χ1n) is 32.8. The fourth-order valence-corrected chi connectivity index (χ4v) is 9.97. The van der Waals surface area contributed by atoms with Gasteiger partial charge in [-0.05, 0) is 70.6 Å². The van der Waals surface area contributed by atoms with Crippen LogP contribution in [0.3, 0.4) is 0 Å². The molecule has 0 aliphatic rings. The van der Waals surface area contributed by atoms with Crippen molar-refractivity contribution in [3.63, 3.8) is 0 Å². The van der Waals surface area contributed by atoms with Gasteiger partial charge in [0.05, 0.1) is 0 Å².